The van der Waals surface area contributed by atoms with E-state index >= 15 is 0 Å². The number of hydrogen-bond acceptors (Lipinski definition) is 2. The standard InChI is InChI=1S/C11H14N2/c1-3-9-5-7-10(8-6-9)11(4-2)13-12/h2,5-8,11,13H,3,12H2,1H3. The van der Waals surface area contributed by atoms with Crippen molar-refractivity contribution in [3.05, 3.63) is 35.4 Å². The van der Waals surface area contributed by atoms with E-state index in [0.717, 1.165) is 12.0 Å². The van der Waals surface area contributed by atoms with Crippen LogP contribution in [-0.4, -0.2) is 0 Å². The van der Waals surface area contributed by atoms with E-state index in [1.807, 2.05) is 12.1 Å². The van der Waals surface area contributed by atoms with Crippen LogP contribution in [0.5, 0.6) is 0 Å². The zero-order chi connectivity index (χ0) is 9.68. The number of benzene rings is 1. The van der Waals surface area contributed by atoms with Gasteiger partial charge in [-0.15, -0.1) is 6.42 Å². The SMILES string of the molecule is C#CC(NN)c1ccc(CC)cc1. The first-order chi connectivity index (χ1) is 6.31. The van der Waals surface area contributed by atoms with Crippen LogP contribution in [0.25, 0.3) is 0 Å². The van der Waals surface area contributed by atoms with Crippen LogP contribution in [0.4, 0.5) is 0 Å². The fraction of sp³-hybridized carbons (Fsp3) is 0.273. The zero-order valence-electron chi connectivity index (χ0n) is 7.75. The van der Waals surface area contributed by atoms with Gasteiger partial charge in [0.1, 0.15) is 6.04 Å². The van der Waals surface area contributed by atoms with Crippen molar-refractivity contribution in [1.82, 2.24) is 5.43 Å². The molecule has 1 rings (SSSR count). The van der Waals surface area contributed by atoms with Crippen LogP contribution >= 0.6 is 0 Å². The van der Waals surface area contributed by atoms with Crippen LogP contribution in [0.3, 0.4) is 0 Å². The normalized spacial score (nSPS) is 12.1. The maximum atomic E-state index is 5.29. The predicted molar refractivity (Wildman–Crippen MR) is 54.7 cm³/mol. The fourth-order valence-electron chi connectivity index (χ4n) is 1.19. The molecule has 0 amide bonds. The van der Waals surface area contributed by atoms with Crippen molar-refractivity contribution in [2.75, 3.05) is 0 Å². The van der Waals surface area contributed by atoms with Gasteiger partial charge in [0.2, 0.25) is 0 Å². The first-order valence-electron chi connectivity index (χ1n) is 4.33. The molecule has 1 atom stereocenters. The minimum atomic E-state index is -0.189. The Balaban J connectivity index is 2.86. The number of rotatable bonds is 3. The summed E-state index contributed by atoms with van der Waals surface area (Å²) in [5.41, 5.74) is 4.90. The average Bonchev–Trinajstić information content (AvgIpc) is 2.21. The van der Waals surface area contributed by atoms with Crippen molar-refractivity contribution in [2.24, 2.45) is 5.84 Å². The van der Waals surface area contributed by atoms with Gasteiger partial charge in [-0.2, -0.15) is 0 Å². The molecule has 13 heavy (non-hydrogen) atoms. The highest BCUT2D eigenvalue weighted by molar-refractivity contribution is 5.29. The van der Waals surface area contributed by atoms with Gasteiger partial charge in [-0.1, -0.05) is 37.1 Å². The number of nitrogens with two attached hydrogens (primary N) is 1. The third-order valence-electron chi connectivity index (χ3n) is 2.05. The highest BCUT2D eigenvalue weighted by Crippen LogP contribution is 2.12. The summed E-state index contributed by atoms with van der Waals surface area (Å²) in [6.45, 7) is 2.12. The molecular formula is C11H14N2. The number of aryl methyl sites for hydroxylation is 1. The average molecular weight is 174 g/mol. The number of hydrazine groups is 1. The van der Waals surface area contributed by atoms with Gasteiger partial charge in [0.25, 0.3) is 0 Å². The molecule has 3 N–H and O–H groups in total. The van der Waals surface area contributed by atoms with Crippen LogP contribution in [0.15, 0.2) is 24.3 Å². The highest BCUT2D eigenvalue weighted by atomic mass is 15.2. The van der Waals surface area contributed by atoms with Crippen LogP contribution < -0.4 is 11.3 Å². The Bertz CT molecular complexity index is 295. The summed E-state index contributed by atoms with van der Waals surface area (Å²) in [4.78, 5) is 0. The van der Waals surface area contributed by atoms with E-state index in [1.165, 1.54) is 5.56 Å². The lowest BCUT2D eigenvalue weighted by atomic mass is 10.1. The molecule has 0 aliphatic carbocycles. The molecular weight excluding hydrogens is 160 g/mol. The van der Waals surface area contributed by atoms with Crippen LogP contribution in [0, 0.1) is 12.3 Å². The smallest absolute Gasteiger partial charge is 0.106 e. The highest BCUT2D eigenvalue weighted by Gasteiger charge is 2.03. The number of nitrogens with one attached hydrogen (secondary N) is 1. The van der Waals surface area contributed by atoms with Gasteiger partial charge in [0.15, 0.2) is 0 Å². The Morgan fingerprint density at radius 2 is 2.08 bits per heavy atom. The molecule has 68 valence electrons. The molecule has 2 heteroatoms. The minimum Gasteiger partial charge on any atom is -0.270 e. The molecule has 0 spiro atoms. The summed E-state index contributed by atoms with van der Waals surface area (Å²) < 4.78 is 0. The van der Waals surface area contributed by atoms with Gasteiger partial charge in [-0.3, -0.25) is 5.84 Å². The number of hydrogen-bond donors (Lipinski definition) is 2. The lowest BCUT2D eigenvalue weighted by Gasteiger charge is -2.09. The summed E-state index contributed by atoms with van der Waals surface area (Å²) in [6.07, 6.45) is 6.33. The van der Waals surface area contributed by atoms with Crippen molar-refractivity contribution in [3.8, 4) is 12.3 Å². The molecule has 0 aliphatic heterocycles. The van der Waals surface area contributed by atoms with E-state index in [2.05, 4.69) is 30.4 Å². The molecule has 0 heterocycles. The Kier molecular flexibility index (Phi) is 3.51. The fourth-order valence-corrected chi connectivity index (χ4v) is 1.19. The van der Waals surface area contributed by atoms with Crippen molar-refractivity contribution in [2.45, 2.75) is 19.4 Å². The second kappa shape index (κ2) is 4.66. The molecule has 0 radical (unpaired) electrons. The molecule has 1 aromatic carbocycles. The summed E-state index contributed by atoms with van der Waals surface area (Å²) in [6, 6.07) is 7.95. The lowest BCUT2D eigenvalue weighted by molar-refractivity contribution is 0.673. The molecule has 0 saturated carbocycles. The summed E-state index contributed by atoms with van der Waals surface area (Å²) in [5.74, 6) is 7.86. The van der Waals surface area contributed by atoms with E-state index in [-0.39, 0.29) is 6.04 Å². The maximum absolute atomic E-state index is 5.29. The Labute approximate surface area is 79.1 Å². The molecule has 0 fully saturated rings. The first-order valence-corrected chi connectivity index (χ1v) is 4.33. The number of terminal acetylenes is 1. The lowest BCUT2D eigenvalue weighted by Crippen LogP contribution is -2.26. The zero-order valence-corrected chi connectivity index (χ0v) is 7.75. The molecule has 1 aromatic rings. The van der Waals surface area contributed by atoms with Gasteiger partial charge in [0, 0.05) is 0 Å². The van der Waals surface area contributed by atoms with Crippen molar-refractivity contribution >= 4 is 0 Å². The van der Waals surface area contributed by atoms with E-state index in [1.54, 1.807) is 0 Å². The monoisotopic (exact) mass is 174 g/mol. The van der Waals surface area contributed by atoms with E-state index < -0.39 is 0 Å². The molecule has 0 aliphatic rings. The maximum Gasteiger partial charge on any atom is 0.106 e. The Morgan fingerprint density at radius 1 is 1.46 bits per heavy atom. The van der Waals surface area contributed by atoms with Gasteiger partial charge in [-0.05, 0) is 17.5 Å². The molecule has 1 unspecified atom stereocenters. The second-order valence-corrected chi connectivity index (χ2v) is 2.86. The van der Waals surface area contributed by atoms with Crippen molar-refractivity contribution in [3.63, 3.8) is 0 Å². The summed E-state index contributed by atoms with van der Waals surface area (Å²) >= 11 is 0. The minimum absolute atomic E-state index is 0.189. The molecule has 2 nitrogen and oxygen atoms in total. The summed E-state index contributed by atoms with van der Waals surface area (Å²) in [7, 11) is 0. The third kappa shape index (κ3) is 2.32. The molecule has 0 bridgehead atoms. The van der Waals surface area contributed by atoms with E-state index in [0.29, 0.717) is 0 Å². The van der Waals surface area contributed by atoms with Crippen LogP contribution in [0.2, 0.25) is 0 Å². The van der Waals surface area contributed by atoms with Crippen LogP contribution in [0.1, 0.15) is 24.1 Å². The van der Waals surface area contributed by atoms with Crippen molar-refractivity contribution in [1.29, 1.82) is 0 Å². The molecule has 0 aromatic heterocycles. The largest absolute Gasteiger partial charge is 0.270 e. The quantitative estimate of drug-likeness (QED) is 0.413. The summed E-state index contributed by atoms with van der Waals surface area (Å²) in [5, 5.41) is 0. The second-order valence-electron chi connectivity index (χ2n) is 2.86. The van der Waals surface area contributed by atoms with Gasteiger partial charge >= 0.3 is 0 Å². The Morgan fingerprint density at radius 3 is 2.46 bits per heavy atom. The van der Waals surface area contributed by atoms with Crippen molar-refractivity contribution < 1.29 is 0 Å². The topological polar surface area (TPSA) is 38.0 Å². The van der Waals surface area contributed by atoms with Gasteiger partial charge < -0.3 is 0 Å². The Hall–Kier alpha value is -1.30. The molecule has 0 saturated heterocycles. The third-order valence-corrected chi connectivity index (χ3v) is 2.05. The van der Waals surface area contributed by atoms with Crippen LogP contribution in [-0.2, 0) is 6.42 Å². The first kappa shape index (κ1) is 9.79. The predicted octanol–water partition coefficient (Wildman–Crippen LogP) is 1.39. The van der Waals surface area contributed by atoms with Gasteiger partial charge in [0.05, 0.1) is 0 Å². The van der Waals surface area contributed by atoms with E-state index in [4.69, 9.17) is 12.3 Å². The van der Waals surface area contributed by atoms with E-state index in [9.17, 15) is 0 Å². The van der Waals surface area contributed by atoms with Gasteiger partial charge in [-0.25, -0.2) is 5.43 Å².